The second-order valence-corrected chi connectivity index (χ2v) is 8.58. The Bertz CT molecular complexity index is 649. The number of ether oxygens (including phenoxy) is 3. The zero-order chi connectivity index (χ0) is 19.5. The Morgan fingerprint density at radius 1 is 1.15 bits per heavy atom. The van der Waals surface area contributed by atoms with Crippen LogP contribution in [0.3, 0.4) is 0 Å². The Balaban J connectivity index is 2.39. The number of benzene rings is 1. The summed E-state index contributed by atoms with van der Waals surface area (Å²) in [5.74, 6) is 2.42. The fourth-order valence-corrected chi connectivity index (χ4v) is 4.77. The van der Waals surface area contributed by atoms with Gasteiger partial charge in [0.1, 0.15) is 5.37 Å². The third-order valence-corrected chi connectivity index (χ3v) is 5.55. The van der Waals surface area contributed by atoms with Gasteiger partial charge in [0.05, 0.1) is 27.1 Å². The van der Waals surface area contributed by atoms with Crippen molar-refractivity contribution in [2.45, 2.75) is 19.2 Å². The molecule has 1 atom stereocenters. The van der Waals surface area contributed by atoms with Gasteiger partial charge in [-0.05, 0) is 31.6 Å². The summed E-state index contributed by atoms with van der Waals surface area (Å²) in [6, 6.07) is 3.82. The van der Waals surface area contributed by atoms with Crippen LogP contribution in [-0.4, -0.2) is 70.0 Å². The summed E-state index contributed by atoms with van der Waals surface area (Å²) in [4.78, 5) is 16.7. The van der Waals surface area contributed by atoms with Crippen LogP contribution in [0.4, 0.5) is 0 Å². The zero-order valence-electron chi connectivity index (χ0n) is 16.8. The zero-order valence-corrected chi connectivity index (χ0v) is 17.6. The number of carbonyl (C=O) groups is 1. The number of carbonyl (C=O) groups excluding carboxylic acids is 1. The Morgan fingerprint density at radius 3 is 2.35 bits per heavy atom. The summed E-state index contributed by atoms with van der Waals surface area (Å²) in [6.45, 7) is 5.95. The Morgan fingerprint density at radius 2 is 1.81 bits per heavy atom. The lowest BCUT2D eigenvalue weighted by Crippen LogP contribution is -2.41. The molecule has 0 spiro atoms. The maximum Gasteiger partial charge on any atom is 0.233 e. The highest BCUT2D eigenvalue weighted by atomic mass is 32.2. The quantitative estimate of drug-likeness (QED) is 0.689. The maximum absolute atomic E-state index is 12.6. The van der Waals surface area contributed by atoms with Gasteiger partial charge >= 0.3 is 0 Å². The van der Waals surface area contributed by atoms with Crippen LogP contribution < -0.4 is 14.2 Å². The van der Waals surface area contributed by atoms with Crippen LogP contribution in [0.25, 0.3) is 0 Å². The monoisotopic (exact) mass is 382 g/mol. The summed E-state index contributed by atoms with van der Waals surface area (Å²) >= 11 is 1.62. The predicted molar refractivity (Wildman–Crippen MR) is 105 cm³/mol. The molecule has 2 rings (SSSR count). The SMILES string of the molecule is COc1ccc(C2SCC(=O)N2CC(C)(C)CN(C)C)c(OC)c1OC. The van der Waals surface area contributed by atoms with E-state index in [1.807, 2.05) is 17.0 Å². The van der Waals surface area contributed by atoms with E-state index in [1.165, 1.54) is 0 Å². The number of nitrogens with zero attached hydrogens (tertiary/aromatic N) is 2. The normalized spacial score (nSPS) is 17.8. The average molecular weight is 383 g/mol. The number of hydrogen-bond donors (Lipinski definition) is 0. The predicted octanol–water partition coefficient (Wildman–Crippen LogP) is 2.87. The summed E-state index contributed by atoms with van der Waals surface area (Å²) in [5, 5.41) is -0.0984. The molecule has 1 heterocycles. The van der Waals surface area contributed by atoms with Gasteiger partial charge in [0.15, 0.2) is 11.5 Å². The molecule has 6 nitrogen and oxygen atoms in total. The van der Waals surface area contributed by atoms with Crippen molar-refractivity contribution in [3.8, 4) is 17.2 Å². The standard InChI is InChI=1S/C19H30N2O4S/c1-19(2,11-20(3)4)12-21-15(22)10-26-18(21)13-8-9-14(23-5)17(25-7)16(13)24-6/h8-9,18H,10-12H2,1-7H3. The topological polar surface area (TPSA) is 51.2 Å². The first-order valence-electron chi connectivity index (χ1n) is 8.58. The van der Waals surface area contributed by atoms with Crippen molar-refractivity contribution in [1.82, 2.24) is 9.80 Å². The number of amides is 1. The molecule has 0 bridgehead atoms. The van der Waals surface area contributed by atoms with E-state index in [-0.39, 0.29) is 16.7 Å². The van der Waals surface area contributed by atoms with Crippen molar-refractivity contribution in [3.05, 3.63) is 17.7 Å². The first-order valence-corrected chi connectivity index (χ1v) is 9.63. The molecule has 1 aliphatic rings. The van der Waals surface area contributed by atoms with Gasteiger partial charge in [-0.25, -0.2) is 0 Å². The number of rotatable bonds is 8. The summed E-state index contributed by atoms with van der Waals surface area (Å²) < 4.78 is 16.5. The van der Waals surface area contributed by atoms with E-state index >= 15 is 0 Å². The highest BCUT2D eigenvalue weighted by Gasteiger charge is 2.38. The number of methoxy groups -OCH3 is 3. The van der Waals surface area contributed by atoms with Crippen LogP contribution in [0.2, 0.25) is 0 Å². The van der Waals surface area contributed by atoms with Crippen LogP contribution in [0.15, 0.2) is 12.1 Å². The van der Waals surface area contributed by atoms with Gasteiger partial charge in [-0.2, -0.15) is 0 Å². The third-order valence-electron chi connectivity index (χ3n) is 4.31. The molecule has 1 saturated heterocycles. The van der Waals surface area contributed by atoms with Crippen molar-refractivity contribution >= 4 is 17.7 Å². The minimum Gasteiger partial charge on any atom is -0.493 e. The fourth-order valence-electron chi connectivity index (χ4n) is 3.57. The van der Waals surface area contributed by atoms with Crippen molar-refractivity contribution in [1.29, 1.82) is 0 Å². The van der Waals surface area contributed by atoms with E-state index in [9.17, 15) is 4.79 Å². The molecule has 1 amide bonds. The van der Waals surface area contributed by atoms with Crippen LogP contribution in [0.1, 0.15) is 24.8 Å². The lowest BCUT2D eigenvalue weighted by atomic mass is 9.92. The molecule has 1 aromatic carbocycles. The highest BCUT2D eigenvalue weighted by Crippen LogP contribution is 2.49. The van der Waals surface area contributed by atoms with Gasteiger partial charge in [0.25, 0.3) is 0 Å². The molecule has 0 N–H and O–H groups in total. The fraction of sp³-hybridized carbons (Fsp3) is 0.632. The molecule has 0 saturated carbocycles. The molecule has 26 heavy (non-hydrogen) atoms. The van der Waals surface area contributed by atoms with Gasteiger partial charge in [0, 0.05) is 18.7 Å². The van der Waals surface area contributed by atoms with Crippen LogP contribution in [0.5, 0.6) is 17.2 Å². The van der Waals surface area contributed by atoms with Gasteiger partial charge in [-0.1, -0.05) is 13.8 Å². The van der Waals surface area contributed by atoms with E-state index in [0.29, 0.717) is 29.5 Å². The molecule has 1 unspecified atom stereocenters. The molecular weight excluding hydrogens is 352 g/mol. The van der Waals surface area contributed by atoms with E-state index < -0.39 is 0 Å². The molecular formula is C19H30N2O4S. The minimum atomic E-state index is -0.0984. The van der Waals surface area contributed by atoms with Crippen LogP contribution >= 0.6 is 11.8 Å². The molecule has 1 fully saturated rings. The van der Waals surface area contributed by atoms with E-state index in [4.69, 9.17) is 14.2 Å². The molecule has 0 radical (unpaired) electrons. The van der Waals surface area contributed by atoms with E-state index in [0.717, 1.165) is 12.1 Å². The van der Waals surface area contributed by atoms with Crippen LogP contribution in [0, 0.1) is 5.41 Å². The number of hydrogen-bond acceptors (Lipinski definition) is 6. The van der Waals surface area contributed by atoms with Crippen molar-refractivity contribution in [3.63, 3.8) is 0 Å². The lowest BCUT2D eigenvalue weighted by Gasteiger charge is -2.35. The number of thioether (sulfide) groups is 1. The summed E-state index contributed by atoms with van der Waals surface area (Å²) in [5.41, 5.74) is 0.910. The molecule has 0 aliphatic carbocycles. The highest BCUT2D eigenvalue weighted by molar-refractivity contribution is 8.00. The molecule has 1 aromatic rings. The Hall–Kier alpha value is -1.60. The van der Waals surface area contributed by atoms with Crippen LogP contribution in [-0.2, 0) is 4.79 Å². The Kier molecular flexibility index (Phi) is 6.69. The summed E-state index contributed by atoms with van der Waals surface area (Å²) in [6.07, 6.45) is 0. The molecule has 146 valence electrons. The second kappa shape index (κ2) is 8.39. The smallest absolute Gasteiger partial charge is 0.233 e. The van der Waals surface area contributed by atoms with Gasteiger partial charge in [0.2, 0.25) is 11.7 Å². The first kappa shape index (κ1) is 20.7. The first-order chi connectivity index (χ1) is 12.2. The summed E-state index contributed by atoms with van der Waals surface area (Å²) in [7, 11) is 8.91. The van der Waals surface area contributed by atoms with Gasteiger partial charge in [-0.3, -0.25) is 4.79 Å². The van der Waals surface area contributed by atoms with Gasteiger partial charge in [-0.15, -0.1) is 11.8 Å². The van der Waals surface area contributed by atoms with Crippen molar-refractivity contribution < 1.29 is 19.0 Å². The van der Waals surface area contributed by atoms with Crippen molar-refractivity contribution in [2.24, 2.45) is 5.41 Å². The van der Waals surface area contributed by atoms with E-state index in [2.05, 4.69) is 32.8 Å². The molecule has 7 heteroatoms. The van der Waals surface area contributed by atoms with Crippen molar-refractivity contribution in [2.75, 3.05) is 54.3 Å². The Labute approximate surface area is 160 Å². The van der Waals surface area contributed by atoms with E-state index in [1.54, 1.807) is 33.1 Å². The largest absolute Gasteiger partial charge is 0.493 e. The molecule has 1 aliphatic heterocycles. The maximum atomic E-state index is 12.6. The second-order valence-electron chi connectivity index (χ2n) is 7.51. The molecule has 0 aromatic heterocycles. The lowest BCUT2D eigenvalue weighted by molar-refractivity contribution is -0.129. The minimum absolute atomic E-state index is 0.0217. The third kappa shape index (κ3) is 4.38. The van der Waals surface area contributed by atoms with Gasteiger partial charge < -0.3 is 24.0 Å². The average Bonchev–Trinajstić information content (AvgIpc) is 2.92.